The molecule has 0 spiro atoms. The van der Waals surface area contributed by atoms with Gasteiger partial charge in [-0.2, -0.15) is 0 Å². The van der Waals surface area contributed by atoms with Crippen LogP contribution in [0.15, 0.2) is 22.8 Å². The number of allylic oxidation sites excluding steroid dienone is 2. The largest absolute Gasteiger partial charge is 0.478 e. The number of hydrogen-bond donors (Lipinski definition) is 1. The molecule has 0 radical (unpaired) electrons. The number of carboxylic acid groups (broad SMARTS) is 1. The zero-order valence-electron chi connectivity index (χ0n) is 6.85. The summed E-state index contributed by atoms with van der Waals surface area (Å²) >= 11 is 0. The summed E-state index contributed by atoms with van der Waals surface area (Å²) in [5.74, 6) is -0.804. The van der Waals surface area contributed by atoms with Gasteiger partial charge in [-0.25, -0.2) is 4.79 Å². The van der Waals surface area contributed by atoms with E-state index in [0.29, 0.717) is 5.57 Å². The average molecular weight is 152 g/mol. The van der Waals surface area contributed by atoms with Crippen LogP contribution in [0.1, 0.15) is 26.7 Å². The fourth-order valence-electron chi connectivity index (χ4n) is 1.21. The van der Waals surface area contributed by atoms with Crippen LogP contribution in [0.4, 0.5) is 0 Å². The molecule has 0 bridgehead atoms. The summed E-state index contributed by atoms with van der Waals surface area (Å²) in [6.07, 6.45) is 3.66. The van der Waals surface area contributed by atoms with Crippen LogP contribution in [0.2, 0.25) is 0 Å². The first-order valence-electron chi connectivity index (χ1n) is 3.71. The summed E-state index contributed by atoms with van der Waals surface area (Å²) in [7, 11) is 0. The molecule has 1 aliphatic carbocycles. The van der Waals surface area contributed by atoms with E-state index in [4.69, 9.17) is 5.11 Å². The Labute approximate surface area is 66.2 Å². The molecule has 0 saturated carbocycles. The Bertz CT molecular complexity index is 246. The van der Waals surface area contributed by atoms with Crippen molar-refractivity contribution < 1.29 is 9.90 Å². The molecule has 2 nitrogen and oxygen atoms in total. The molecule has 0 heterocycles. The van der Waals surface area contributed by atoms with Gasteiger partial charge in [0.05, 0.1) is 5.57 Å². The molecule has 0 fully saturated rings. The molecule has 0 aliphatic heterocycles. The van der Waals surface area contributed by atoms with Crippen LogP contribution in [-0.4, -0.2) is 11.1 Å². The minimum absolute atomic E-state index is 0.480. The standard InChI is InChI=1S/C9H12O2/c1-6-3-4-7(2)8(5-6)9(10)11/h5H,3-4H2,1-2H3,(H,10,11). The normalized spacial score (nSPS) is 18.2. The number of carboxylic acids is 1. The first-order valence-corrected chi connectivity index (χ1v) is 3.71. The maximum Gasteiger partial charge on any atom is 0.335 e. The first-order chi connectivity index (χ1) is 5.11. The van der Waals surface area contributed by atoms with Crippen LogP contribution in [0.5, 0.6) is 0 Å². The molecule has 0 unspecified atom stereocenters. The third kappa shape index (κ3) is 1.70. The predicted octanol–water partition coefficient (Wildman–Crippen LogP) is 2.13. The smallest absolute Gasteiger partial charge is 0.335 e. The minimum Gasteiger partial charge on any atom is -0.478 e. The van der Waals surface area contributed by atoms with Gasteiger partial charge in [0.25, 0.3) is 0 Å². The summed E-state index contributed by atoms with van der Waals surface area (Å²) < 4.78 is 0. The lowest BCUT2D eigenvalue weighted by molar-refractivity contribution is -0.132. The second kappa shape index (κ2) is 2.91. The van der Waals surface area contributed by atoms with Gasteiger partial charge in [-0.15, -0.1) is 0 Å². The van der Waals surface area contributed by atoms with E-state index < -0.39 is 5.97 Å². The maximum absolute atomic E-state index is 10.6. The number of rotatable bonds is 1. The van der Waals surface area contributed by atoms with E-state index in [9.17, 15) is 4.79 Å². The fraction of sp³-hybridized carbons (Fsp3) is 0.444. The van der Waals surface area contributed by atoms with Gasteiger partial charge in [-0.05, 0) is 32.8 Å². The molecule has 2 heteroatoms. The SMILES string of the molecule is CC1=CC(C(=O)O)=C(C)CC1. The number of carbonyl (C=O) groups is 1. The summed E-state index contributed by atoms with van der Waals surface area (Å²) in [5.41, 5.74) is 2.63. The van der Waals surface area contributed by atoms with Crippen LogP contribution in [0.3, 0.4) is 0 Å². The predicted molar refractivity (Wildman–Crippen MR) is 43.3 cm³/mol. The Morgan fingerprint density at radius 1 is 1.45 bits per heavy atom. The highest BCUT2D eigenvalue weighted by molar-refractivity contribution is 5.91. The molecule has 0 amide bonds. The van der Waals surface area contributed by atoms with Crippen molar-refractivity contribution in [2.24, 2.45) is 0 Å². The second-order valence-electron chi connectivity index (χ2n) is 2.99. The van der Waals surface area contributed by atoms with Gasteiger partial charge >= 0.3 is 5.97 Å². The monoisotopic (exact) mass is 152 g/mol. The quantitative estimate of drug-likeness (QED) is 0.625. The number of aliphatic carboxylic acids is 1. The molecule has 0 saturated heterocycles. The van der Waals surface area contributed by atoms with Gasteiger partial charge in [0.1, 0.15) is 0 Å². The molecule has 11 heavy (non-hydrogen) atoms. The zero-order valence-corrected chi connectivity index (χ0v) is 6.85. The molecular formula is C9H12O2. The van der Waals surface area contributed by atoms with E-state index in [-0.39, 0.29) is 0 Å². The lowest BCUT2D eigenvalue weighted by Crippen LogP contribution is -2.05. The molecule has 0 aromatic heterocycles. The first kappa shape index (κ1) is 8.05. The van der Waals surface area contributed by atoms with E-state index in [1.807, 2.05) is 13.8 Å². The second-order valence-corrected chi connectivity index (χ2v) is 2.99. The van der Waals surface area contributed by atoms with Crippen molar-refractivity contribution in [2.75, 3.05) is 0 Å². The Hall–Kier alpha value is -1.05. The Kier molecular flexibility index (Phi) is 2.13. The van der Waals surface area contributed by atoms with Gasteiger partial charge in [0, 0.05) is 0 Å². The number of hydrogen-bond acceptors (Lipinski definition) is 1. The molecule has 1 rings (SSSR count). The van der Waals surface area contributed by atoms with Crippen molar-refractivity contribution in [3.05, 3.63) is 22.8 Å². The minimum atomic E-state index is -0.804. The Balaban J connectivity index is 2.98. The van der Waals surface area contributed by atoms with E-state index in [1.54, 1.807) is 6.08 Å². The van der Waals surface area contributed by atoms with Gasteiger partial charge in [-0.1, -0.05) is 11.1 Å². The van der Waals surface area contributed by atoms with Crippen molar-refractivity contribution in [3.63, 3.8) is 0 Å². The topological polar surface area (TPSA) is 37.3 Å². The van der Waals surface area contributed by atoms with E-state index in [2.05, 4.69) is 0 Å². The molecule has 1 aliphatic rings. The van der Waals surface area contributed by atoms with Crippen LogP contribution < -0.4 is 0 Å². The highest BCUT2D eigenvalue weighted by atomic mass is 16.4. The van der Waals surface area contributed by atoms with Gasteiger partial charge in [0.15, 0.2) is 0 Å². The molecule has 0 aromatic carbocycles. The molecular weight excluding hydrogens is 140 g/mol. The van der Waals surface area contributed by atoms with Gasteiger partial charge in [0.2, 0.25) is 0 Å². The van der Waals surface area contributed by atoms with E-state index >= 15 is 0 Å². The summed E-state index contributed by atoms with van der Waals surface area (Å²) in [6, 6.07) is 0. The van der Waals surface area contributed by atoms with Crippen molar-refractivity contribution in [1.82, 2.24) is 0 Å². The van der Waals surface area contributed by atoms with Crippen LogP contribution >= 0.6 is 0 Å². The van der Waals surface area contributed by atoms with Crippen molar-refractivity contribution in [1.29, 1.82) is 0 Å². The molecule has 0 atom stereocenters. The van der Waals surface area contributed by atoms with E-state index in [0.717, 1.165) is 24.0 Å². The van der Waals surface area contributed by atoms with Gasteiger partial charge < -0.3 is 5.11 Å². The van der Waals surface area contributed by atoms with Crippen molar-refractivity contribution >= 4 is 5.97 Å². The Morgan fingerprint density at radius 3 is 2.55 bits per heavy atom. The van der Waals surface area contributed by atoms with Crippen LogP contribution in [-0.2, 0) is 4.79 Å². The third-order valence-electron chi connectivity index (χ3n) is 1.98. The van der Waals surface area contributed by atoms with Crippen molar-refractivity contribution in [2.45, 2.75) is 26.7 Å². The Morgan fingerprint density at radius 2 is 2.09 bits per heavy atom. The van der Waals surface area contributed by atoms with E-state index in [1.165, 1.54) is 0 Å². The lowest BCUT2D eigenvalue weighted by Gasteiger charge is -2.11. The molecule has 60 valence electrons. The van der Waals surface area contributed by atoms with Crippen LogP contribution in [0.25, 0.3) is 0 Å². The zero-order chi connectivity index (χ0) is 8.43. The van der Waals surface area contributed by atoms with Crippen LogP contribution in [0, 0.1) is 0 Å². The third-order valence-corrected chi connectivity index (χ3v) is 1.98. The summed E-state index contributed by atoms with van der Waals surface area (Å²) in [6.45, 7) is 3.85. The average Bonchev–Trinajstić information content (AvgIpc) is 1.94. The maximum atomic E-state index is 10.6. The fourth-order valence-corrected chi connectivity index (χ4v) is 1.21. The molecule has 1 N–H and O–H groups in total. The molecule has 0 aromatic rings. The summed E-state index contributed by atoms with van der Waals surface area (Å²) in [5, 5.41) is 8.72. The highest BCUT2D eigenvalue weighted by Gasteiger charge is 2.12. The lowest BCUT2D eigenvalue weighted by atomic mass is 9.94. The highest BCUT2D eigenvalue weighted by Crippen LogP contribution is 2.22. The summed E-state index contributed by atoms with van der Waals surface area (Å²) in [4.78, 5) is 10.6. The van der Waals surface area contributed by atoms with Crippen molar-refractivity contribution in [3.8, 4) is 0 Å². The van der Waals surface area contributed by atoms with Gasteiger partial charge in [-0.3, -0.25) is 0 Å².